The molecule has 0 fully saturated rings. The van der Waals surface area contributed by atoms with Crippen molar-refractivity contribution in [3.8, 4) is 44.9 Å². The summed E-state index contributed by atoms with van der Waals surface area (Å²) in [7, 11) is 0. The molecule has 2 heterocycles. The molecule has 7 aromatic rings. The molecule has 0 spiro atoms. The molecule has 0 aliphatic heterocycles. The molecule has 0 bridgehead atoms. The number of aromatic nitrogens is 2. The van der Waals surface area contributed by atoms with Crippen molar-refractivity contribution in [3.63, 3.8) is 0 Å². The van der Waals surface area contributed by atoms with Crippen molar-refractivity contribution in [2.75, 3.05) is 0 Å². The molecule has 3 nitrogen and oxygen atoms in total. The van der Waals surface area contributed by atoms with Gasteiger partial charge >= 0.3 is 0 Å². The summed E-state index contributed by atoms with van der Waals surface area (Å²) < 4.78 is 6.75. The maximum absolute atomic E-state index is 6.75. The second-order valence-corrected chi connectivity index (χ2v) is 14.2. The monoisotopic (exact) mass is 634 g/mol. The number of hydrogen-bond acceptors (Lipinski definition) is 3. The lowest BCUT2D eigenvalue weighted by Crippen LogP contribution is -2.29. The van der Waals surface area contributed by atoms with E-state index in [1.165, 1.54) is 49.9 Å². The van der Waals surface area contributed by atoms with Crippen LogP contribution in [0.2, 0.25) is 0 Å². The number of furan rings is 1. The van der Waals surface area contributed by atoms with Crippen LogP contribution in [0.15, 0.2) is 132 Å². The second-order valence-electron chi connectivity index (χ2n) is 14.2. The summed E-state index contributed by atoms with van der Waals surface area (Å²) in [5.41, 5.74) is 14.6. The largest absolute Gasteiger partial charge is 0.456 e. The Morgan fingerprint density at radius 1 is 0.653 bits per heavy atom. The molecule has 0 saturated heterocycles. The van der Waals surface area contributed by atoms with Crippen LogP contribution in [0.25, 0.3) is 61.9 Å². The van der Waals surface area contributed by atoms with Gasteiger partial charge in [0.25, 0.3) is 0 Å². The molecular formula is C46H38N2O. The third-order valence-corrected chi connectivity index (χ3v) is 10.9. The number of nitrogens with zero attached hydrogens (tertiary/aromatic N) is 2. The minimum absolute atomic E-state index is 0.105. The highest BCUT2D eigenvalue weighted by molar-refractivity contribution is 5.95. The van der Waals surface area contributed by atoms with Gasteiger partial charge in [-0.25, -0.2) is 9.97 Å². The van der Waals surface area contributed by atoms with E-state index in [1.807, 2.05) is 6.07 Å². The Kier molecular flexibility index (Phi) is 6.64. The van der Waals surface area contributed by atoms with E-state index in [-0.39, 0.29) is 5.41 Å². The van der Waals surface area contributed by atoms with Gasteiger partial charge < -0.3 is 4.42 Å². The first-order valence-corrected chi connectivity index (χ1v) is 17.4. The van der Waals surface area contributed by atoms with Crippen molar-refractivity contribution in [3.05, 3.63) is 161 Å². The fourth-order valence-electron chi connectivity index (χ4n) is 8.42. The summed E-state index contributed by atoms with van der Waals surface area (Å²) in [5.74, 6) is 1.67. The average Bonchev–Trinajstić information content (AvgIpc) is 3.63. The number of rotatable bonds is 5. The summed E-state index contributed by atoms with van der Waals surface area (Å²) in [5, 5.41) is 1.18. The van der Waals surface area contributed by atoms with Crippen molar-refractivity contribution in [1.82, 2.24) is 9.97 Å². The van der Waals surface area contributed by atoms with Gasteiger partial charge in [0.15, 0.2) is 5.82 Å². The van der Waals surface area contributed by atoms with Gasteiger partial charge in [-0.05, 0) is 77.4 Å². The lowest BCUT2D eigenvalue weighted by molar-refractivity contribution is 0.519. The minimum atomic E-state index is -0.442. The molecular weight excluding hydrogens is 597 g/mol. The molecule has 2 aromatic heterocycles. The van der Waals surface area contributed by atoms with E-state index in [2.05, 4.69) is 155 Å². The van der Waals surface area contributed by atoms with Gasteiger partial charge in [0.05, 0.1) is 11.4 Å². The van der Waals surface area contributed by atoms with Gasteiger partial charge in [-0.1, -0.05) is 130 Å². The first kappa shape index (κ1) is 29.6. The van der Waals surface area contributed by atoms with E-state index in [0.717, 1.165) is 52.5 Å². The highest BCUT2D eigenvalue weighted by Gasteiger charge is 2.42. The van der Waals surface area contributed by atoms with Crippen molar-refractivity contribution in [1.29, 1.82) is 0 Å². The standard InChI is InChI=1S/C46H38N2O/c1-5-33-42(32-21-14-20-31(26-32)29-16-8-6-9-17-29)47-44(30-18-10-7-11-19-30)48-43(33)46(4)25-15-24-39-41(46)36-27-38-35(28-40(36)49-39)34-22-12-13-23-37(34)45(38,2)3/h6-24,26-28H,5,25H2,1-4H3. The van der Waals surface area contributed by atoms with Crippen LogP contribution in [0.1, 0.15) is 67.8 Å². The van der Waals surface area contributed by atoms with Crippen LogP contribution >= 0.6 is 0 Å². The van der Waals surface area contributed by atoms with Crippen LogP contribution in [-0.4, -0.2) is 9.97 Å². The Balaban J connectivity index is 1.29. The topological polar surface area (TPSA) is 38.9 Å². The third kappa shape index (κ3) is 4.49. The molecule has 0 saturated carbocycles. The Morgan fingerprint density at radius 3 is 2.12 bits per heavy atom. The van der Waals surface area contributed by atoms with Gasteiger partial charge in [-0.15, -0.1) is 0 Å². The fraction of sp³-hybridized carbons (Fsp3) is 0.174. The van der Waals surface area contributed by atoms with Gasteiger partial charge in [-0.3, -0.25) is 0 Å². The Bertz CT molecular complexity index is 2430. The van der Waals surface area contributed by atoms with E-state index in [4.69, 9.17) is 14.4 Å². The molecule has 0 amide bonds. The fourth-order valence-corrected chi connectivity index (χ4v) is 8.42. The minimum Gasteiger partial charge on any atom is -0.456 e. The Labute approximate surface area is 288 Å². The number of allylic oxidation sites excluding steroid dienone is 1. The van der Waals surface area contributed by atoms with Crippen molar-refractivity contribution >= 4 is 17.0 Å². The van der Waals surface area contributed by atoms with Gasteiger partial charge in [-0.2, -0.15) is 0 Å². The third-order valence-electron chi connectivity index (χ3n) is 10.9. The Morgan fingerprint density at radius 2 is 1.35 bits per heavy atom. The van der Waals surface area contributed by atoms with E-state index >= 15 is 0 Å². The first-order valence-electron chi connectivity index (χ1n) is 17.4. The van der Waals surface area contributed by atoms with Crippen LogP contribution in [0.4, 0.5) is 0 Å². The van der Waals surface area contributed by atoms with Gasteiger partial charge in [0, 0.05) is 38.5 Å². The average molecular weight is 635 g/mol. The molecule has 1 unspecified atom stereocenters. The van der Waals surface area contributed by atoms with E-state index in [1.54, 1.807) is 0 Å². The normalized spacial score (nSPS) is 17.1. The quantitative estimate of drug-likeness (QED) is 0.189. The lowest BCUT2D eigenvalue weighted by Gasteiger charge is -2.33. The predicted octanol–water partition coefficient (Wildman–Crippen LogP) is 11.8. The second kappa shape index (κ2) is 11.0. The zero-order valence-electron chi connectivity index (χ0n) is 28.4. The summed E-state index contributed by atoms with van der Waals surface area (Å²) in [6.07, 6.45) is 6.04. The molecule has 5 aromatic carbocycles. The molecule has 0 N–H and O–H groups in total. The van der Waals surface area contributed by atoms with E-state index in [9.17, 15) is 0 Å². The summed E-state index contributed by atoms with van der Waals surface area (Å²) in [6, 6.07) is 43.3. The molecule has 49 heavy (non-hydrogen) atoms. The van der Waals surface area contributed by atoms with E-state index in [0.29, 0.717) is 0 Å². The number of benzene rings is 5. The predicted molar refractivity (Wildman–Crippen MR) is 202 cm³/mol. The molecule has 1 atom stereocenters. The van der Waals surface area contributed by atoms with Crippen molar-refractivity contribution in [2.45, 2.75) is 51.4 Å². The molecule has 9 rings (SSSR count). The van der Waals surface area contributed by atoms with Crippen molar-refractivity contribution in [2.24, 2.45) is 0 Å². The van der Waals surface area contributed by atoms with Crippen LogP contribution in [0.3, 0.4) is 0 Å². The number of hydrogen-bond donors (Lipinski definition) is 0. The van der Waals surface area contributed by atoms with E-state index < -0.39 is 5.41 Å². The highest BCUT2D eigenvalue weighted by Crippen LogP contribution is 2.53. The van der Waals surface area contributed by atoms with Gasteiger partial charge in [0.2, 0.25) is 0 Å². The first-order chi connectivity index (χ1) is 23.9. The smallest absolute Gasteiger partial charge is 0.160 e. The van der Waals surface area contributed by atoms with Crippen molar-refractivity contribution < 1.29 is 4.42 Å². The highest BCUT2D eigenvalue weighted by atomic mass is 16.3. The summed E-state index contributed by atoms with van der Waals surface area (Å²) in [4.78, 5) is 10.9. The van der Waals surface area contributed by atoms with Gasteiger partial charge in [0.1, 0.15) is 11.3 Å². The number of fused-ring (bicyclic) bond motifs is 6. The van der Waals surface area contributed by atoms with Crippen LogP contribution in [0.5, 0.6) is 0 Å². The Hall–Kier alpha value is -5.54. The summed E-state index contributed by atoms with van der Waals surface area (Å²) >= 11 is 0. The molecule has 238 valence electrons. The lowest BCUT2D eigenvalue weighted by atomic mass is 9.70. The maximum Gasteiger partial charge on any atom is 0.160 e. The summed E-state index contributed by atoms with van der Waals surface area (Å²) in [6.45, 7) is 9.28. The molecule has 0 radical (unpaired) electrons. The van der Waals surface area contributed by atoms with Crippen LogP contribution < -0.4 is 0 Å². The SMILES string of the molecule is CCc1c(-c2cccc(-c3ccccc3)c2)nc(-c2ccccc2)nc1C1(C)CC=Cc2oc3cc4c(cc3c21)C(C)(C)c1ccccc1-4. The molecule has 3 heteroatoms. The molecule has 2 aliphatic rings. The van der Waals surface area contributed by atoms with Crippen LogP contribution in [0, 0.1) is 0 Å². The maximum atomic E-state index is 6.75. The van der Waals surface area contributed by atoms with Crippen LogP contribution in [-0.2, 0) is 17.3 Å². The molecule has 2 aliphatic carbocycles. The zero-order valence-corrected chi connectivity index (χ0v) is 28.4. The zero-order chi connectivity index (χ0) is 33.3.